The summed E-state index contributed by atoms with van der Waals surface area (Å²) < 4.78 is 0. The molecule has 23 heavy (non-hydrogen) atoms. The minimum absolute atomic E-state index is 0.0244. The molecular weight excluding hydrogens is 302 g/mol. The smallest absolute Gasteiger partial charge is 0.110 e. The zero-order chi connectivity index (χ0) is 16.1. The highest BCUT2D eigenvalue weighted by Gasteiger charge is 2.14. The van der Waals surface area contributed by atoms with Crippen LogP contribution in [0.15, 0.2) is 36.7 Å². The molecule has 1 aromatic carbocycles. The van der Waals surface area contributed by atoms with E-state index in [9.17, 15) is 0 Å². The Morgan fingerprint density at radius 2 is 2.09 bits per heavy atom. The average Bonchev–Trinajstić information content (AvgIpc) is 3.19. The molecule has 2 aromatic heterocycles. The van der Waals surface area contributed by atoms with Crippen molar-refractivity contribution in [3.05, 3.63) is 52.1 Å². The van der Waals surface area contributed by atoms with E-state index in [1.165, 1.54) is 47.0 Å². The number of fused-ring (bicyclic) bond motifs is 1. The van der Waals surface area contributed by atoms with Crippen molar-refractivity contribution in [1.29, 1.82) is 0 Å². The number of benzene rings is 1. The number of unbranched alkanes of at least 4 members (excludes halogenated alkanes) is 3. The summed E-state index contributed by atoms with van der Waals surface area (Å²) in [5, 5.41) is 2.32. The van der Waals surface area contributed by atoms with E-state index in [1.807, 2.05) is 12.3 Å². The van der Waals surface area contributed by atoms with E-state index in [0.29, 0.717) is 0 Å². The zero-order valence-corrected chi connectivity index (χ0v) is 14.5. The summed E-state index contributed by atoms with van der Waals surface area (Å²) in [4.78, 5) is 9.24. The van der Waals surface area contributed by atoms with Crippen molar-refractivity contribution < 1.29 is 0 Å². The first-order valence-electron chi connectivity index (χ1n) is 8.53. The molecule has 0 aliphatic heterocycles. The fraction of sp³-hybridized carbons (Fsp3) is 0.421. The predicted octanol–water partition coefficient (Wildman–Crippen LogP) is 4.99. The highest BCUT2D eigenvalue weighted by Crippen LogP contribution is 2.26. The highest BCUT2D eigenvalue weighted by atomic mass is 32.1. The summed E-state index contributed by atoms with van der Waals surface area (Å²) in [5.41, 5.74) is 8.84. The van der Waals surface area contributed by atoms with Crippen LogP contribution in [0, 0.1) is 0 Å². The molecule has 0 radical (unpaired) electrons. The Kier molecular flexibility index (Phi) is 5.47. The summed E-state index contributed by atoms with van der Waals surface area (Å²) in [6, 6.07) is 8.34. The standard InChI is InChI=1S/C19H25N3S/c1-2-3-4-5-8-15-13-22-19(23-15)17(20)11-14-12-21-18-10-7-6-9-16(14)18/h6-7,9-10,12-13,17,21H,2-5,8,11,20H2,1H3/t17-/m0/s1. The molecule has 3 rings (SSSR count). The third-order valence-electron chi connectivity index (χ3n) is 4.28. The van der Waals surface area contributed by atoms with Crippen molar-refractivity contribution in [2.24, 2.45) is 5.73 Å². The molecule has 0 aliphatic carbocycles. The van der Waals surface area contributed by atoms with Gasteiger partial charge in [-0.15, -0.1) is 11.3 Å². The monoisotopic (exact) mass is 327 g/mol. The van der Waals surface area contributed by atoms with Crippen LogP contribution in [0.4, 0.5) is 0 Å². The van der Waals surface area contributed by atoms with Crippen LogP contribution in [-0.2, 0) is 12.8 Å². The van der Waals surface area contributed by atoms with E-state index in [0.717, 1.165) is 17.8 Å². The molecule has 0 amide bonds. The van der Waals surface area contributed by atoms with Gasteiger partial charge < -0.3 is 10.7 Å². The van der Waals surface area contributed by atoms with E-state index in [-0.39, 0.29) is 6.04 Å². The van der Waals surface area contributed by atoms with Gasteiger partial charge in [-0.05, 0) is 30.9 Å². The van der Waals surface area contributed by atoms with E-state index >= 15 is 0 Å². The molecule has 3 N–H and O–H groups in total. The number of nitrogens with one attached hydrogen (secondary N) is 1. The lowest BCUT2D eigenvalue weighted by molar-refractivity contribution is 0.670. The van der Waals surface area contributed by atoms with Crippen LogP contribution in [0.5, 0.6) is 0 Å². The van der Waals surface area contributed by atoms with E-state index in [1.54, 1.807) is 11.3 Å². The largest absolute Gasteiger partial charge is 0.361 e. The Morgan fingerprint density at radius 3 is 2.96 bits per heavy atom. The van der Waals surface area contributed by atoms with Crippen molar-refractivity contribution in [2.45, 2.75) is 51.5 Å². The van der Waals surface area contributed by atoms with Gasteiger partial charge in [-0.3, -0.25) is 0 Å². The molecule has 0 unspecified atom stereocenters. The van der Waals surface area contributed by atoms with E-state index < -0.39 is 0 Å². The Morgan fingerprint density at radius 1 is 1.22 bits per heavy atom. The molecule has 3 nitrogen and oxygen atoms in total. The van der Waals surface area contributed by atoms with Crippen LogP contribution < -0.4 is 5.73 Å². The summed E-state index contributed by atoms with van der Waals surface area (Å²) >= 11 is 1.78. The molecule has 0 saturated heterocycles. The molecule has 122 valence electrons. The van der Waals surface area contributed by atoms with Gasteiger partial charge in [0.2, 0.25) is 0 Å². The SMILES string of the molecule is CCCCCCc1cnc([C@@H](N)Cc2c[nH]c3ccccc23)s1. The van der Waals surface area contributed by atoms with Crippen LogP contribution in [-0.4, -0.2) is 9.97 Å². The number of nitrogens with two attached hydrogens (primary N) is 1. The number of aromatic amines is 1. The number of aryl methyl sites for hydroxylation is 1. The first-order valence-corrected chi connectivity index (χ1v) is 9.34. The van der Waals surface area contributed by atoms with Crippen molar-refractivity contribution in [1.82, 2.24) is 9.97 Å². The number of para-hydroxylation sites is 1. The van der Waals surface area contributed by atoms with Crippen molar-refractivity contribution in [3.8, 4) is 0 Å². The molecule has 0 spiro atoms. The maximum absolute atomic E-state index is 6.40. The third-order valence-corrected chi connectivity index (χ3v) is 5.47. The maximum Gasteiger partial charge on any atom is 0.110 e. The molecule has 2 heterocycles. The number of rotatable bonds is 8. The van der Waals surface area contributed by atoms with Crippen LogP contribution in [0.3, 0.4) is 0 Å². The van der Waals surface area contributed by atoms with Gasteiger partial charge in [0.25, 0.3) is 0 Å². The Labute approximate surface area is 141 Å². The van der Waals surface area contributed by atoms with Crippen molar-refractivity contribution in [3.63, 3.8) is 0 Å². The first-order chi connectivity index (χ1) is 11.3. The van der Waals surface area contributed by atoms with Crippen LogP contribution in [0.1, 0.15) is 54.1 Å². The third kappa shape index (κ3) is 4.01. The second-order valence-electron chi connectivity index (χ2n) is 6.15. The molecule has 0 aliphatic rings. The number of thiazole rings is 1. The first kappa shape index (κ1) is 16.2. The minimum Gasteiger partial charge on any atom is -0.361 e. The number of H-pyrrole nitrogens is 1. The number of hydrogen-bond donors (Lipinski definition) is 2. The molecule has 1 atom stereocenters. The van der Waals surface area contributed by atoms with Crippen molar-refractivity contribution >= 4 is 22.2 Å². The fourth-order valence-electron chi connectivity index (χ4n) is 2.96. The topological polar surface area (TPSA) is 54.7 Å². The molecular formula is C19H25N3S. The summed E-state index contributed by atoms with van der Waals surface area (Å²) in [6.45, 7) is 2.24. The summed E-state index contributed by atoms with van der Waals surface area (Å²) in [7, 11) is 0. The minimum atomic E-state index is -0.0244. The molecule has 0 saturated carbocycles. The summed E-state index contributed by atoms with van der Waals surface area (Å²) in [5.74, 6) is 0. The number of aromatic nitrogens is 2. The average molecular weight is 327 g/mol. The molecule has 0 bridgehead atoms. The quantitative estimate of drug-likeness (QED) is 0.573. The molecule has 3 aromatic rings. The highest BCUT2D eigenvalue weighted by molar-refractivity contribution is 7.11. The van der Waals surface area contributed by atoms with Crippen LogP contribution >= 0.6 is 11.3 Å². The van der Waals surface area contributed by atoms with Gasteiger partial charge in [-0.2, -0.15) is 0 Å². The molecule has 0 fully saturated rings. The van der Waals surface area contributed by atoms with Gasteiger partial charge in [-0.25, -0.2) is 4.98 Å². The predicted molar refractivity (Wildman–Crippen MR) is 98.9 cm³/mol. The fourth-order valence-corrected chi connectivity index (χ4v) is 3.92. The second kappa shape index (κ2) is 7.75. The lowest BCUT2D eigenvalue weighted by Crippen LogP contribution is -2.12. The van der Waals surface area contributed by atoms with E-state index in [4.69, 9.17) is 5.73 Å². The summed E-state index contributed by atoms with van der Waals surface area (Å²) in [6.07, 6.45) is 11.2. The second-order valence-corrected chi connectivity index (χ2v) is 7.29. The van der Waals surface area contributed by atoms with Gasteiger partial charge in [-0.1, -0.05) is 44.4 Å². The normalized spacial score (nSPS) is 12.8. The van der Waals surface area contributed by atoms with E-state index in [2.05, 4.69) is 41.3 Å². The zero-order valence-electron chi connectivity index (χ0n) is 13.7. The van der Waals surface area contributed by atoms with Gasteiger partial charge in [0.15, 0.2) is 0 Å². The molecule has 4 heteroatoms. The number of hydrogen-bond acceptors (Lipinski definition) is 3. The Hall–Kier alpha value is -1.65. The Balaban J connectivity index is 1.62. The Bertz CT molecular complexity index is 744. The van der Waals surface area contributed by atoms with Gasteiger partial charge >= 0.3 is 0 Å². The van der Waals surface area contributed by atoms with Crippen LogP contribution in [0.25, 0.3) is 10.9 Å². The van der Waals surface area contributed by atoms with Crippen molar-refractivity contribution in [2.75, 3.05) is 0 Å². The van der Waals surface area contributed by atoms with Gasteiger partial charge in [0.05, 0.1) is 6.04 Å². The maximum atomic E-state index is 6.40. The van der Waals surface area contributed by atoms with Gasteiger partial charge in [0.1, 0.15) is 5.01 Å². The van der Waals surface area contributed by atoms with Gasteiger partial charge in [0, 0.05) is 28.2 Å². The lowest BCUT2D eigenvalue weighted by atomic mass is 10.1. The number of nitrogens with zero attached hydrogens (tertiary/aromatic N) is 1. The lowest BCUT2D eigenvalue weighted by Gasteiger charge is -2.07. The van der Waals surface area contributed by atoms with Crippen LogP contribution in [0.2, 0.25) is 0 Å².